The van der Waals surface area contributed by atoms with Crippen LogP contribution in [0.25, 0.3) is 11.6 Å². The lowest BCUT2D eigenvalue weighted by molar-refractivity contribution is -0.384. The molecule has 6 heteroatoms. The molecule has 2 aromatic carbocycles. The summed E-state index contributed by atoms with van der Waals surface area (Å²) in [6.45, 7) is 4.01. The summed E-state index contributed by atoms with van der Waals surface area (Å²) in [6, 6.07) is 13.5. The van der Waals surface area contributed by atoms with Crippen LogP contribution >= 0.6 is 0 Å². The van der Waals surface area contributed by atoms with E-state index >= 15 is 0 Å². The predicted molar refractivity (Wildman–Crippen MR) is 100.0 cm³/mol. The third kappa shape index (κ3) is 4.61. The fourth-order valence-electron chi connectivity index (χ4n) is 2.31. The molecule has 0 radical (unpaired) electrons. The number of ether oxygens (including phenoxy) is 2. The van der Waals surface area contributed by atoms with Gasteiger partial charge in [-0.3, -0.25) is 10.1 Å². The number of rotatable bonds is 7. The number of hydrogen-bond acceptors (Lipinski definition) is 5. The van der Waals surface area contributed by atoms with Crippen LogP contribution in [0.15, 0.2) is 42.5 Å². The molecule has 26 heavy (non-hydrogen) atoms. The molecule has 0 unspecified atom stereocenters. The van der Waals surface area contributed by atoms with Crippen LogP contribution < -0.4 is 9.47 Å². The van der Waals surface area contributed by atoms with E-state index in [1.54, 1.807) is 37.5 Å². The van der Waals surface area contributed by atoms with Crippen molar-refractivity contribution >= 4 is 17.3 Å². The van der Waals surface area contributed by atoms with Gasteiger partial charge >= 0.3 is 0 Å². The van der Waals surface area contributed by atoms with Gasteiger partial charge in [0.1, 0.15) is 0 Å². The van der Waals surface area contributed by atoms with Crippen molar-refractivity contribution in [2.75, 3.05) is 7.11 Å². The fourth-order valence-corrected chi connectivity index (χ4v) is 2.31. The molecule has 0 heterocycles. The Morgan fingerprint density at radius 3 is 2.69 bits per heavy atom. The zero-order valence-electron chi connectivity index (χ0n) is 14.9. The van der Waals surface area contributed by atoms with Crippen molar-refractivity contribution in [2.45, 2.75) is 26.4 Å². The number of hydrogen-bond donors (Lipinski definition) is 0. The Kier molecular flexibility index (Phi) is 6.34. The lowest BCUT2D eigenvalue weighted by atomic mass is 10.0. The molecule has 0 spiro atoms. The maximum Gasteiger partial charge on any atom is 0.270 e. The number of nitro benzene ring substituents is 1. The maximum absolute atomic E-state index is 10.9. The molecule has 2 rings (SSSR count). The minimum absolute atomic E-state index is 0.0569. The van der Waals surface area contributed by atoms with Gasteiger partial charge in [-0.05, 0) is 42.7 Å². The minimum atomic E-state index is -0.484. The number of nitriles is 1. The Labute approximate surface area is 152 Å². The zero-order chi connectivity index (χ0) is 19.1. The van der Waals surface area contributed by atoms with Gasteiger partial charge in [-0.15, -0.1) is 0 Å². The third-order valence-corrected chi connectivity index (χ3v) is 3.89. The fraction of sp³-hybridized carbons (Fsp3) is 0.250. The molecule has 0 aliphatic carbocycles. The Bertz CT molecular complexity index is 868. The number of benzene rings is 2. The van der Waals surface area contributed by atoms with E-state index in [-0.39, 0.29) is 11.8 Å². The SMILES string of the molecule is CC[C@@H](C)Oc1ccc(/C=C(/C#N)c2cccc([N+](=O)[O-])c2)cc1OC. The molecule has 0 N–H and O–H groups in total. The van der Waals surface area contributed by atoms with Gasteiger partial charge in [-0.2, -0.15) is 5.26 Å². The summed E-state index contributed by atoms with van der Waals surface area (Å²) in [6.07, 6.45) is 2.59. The Morgan fingerprint density at radius 2 is 2.08 bits per heavy atom. The van der Waals surface area contributed by atoms with Gasteiger partial charge in [-0.1, -0.05) is 25.1 Å². The summed E-state index contributed by atoms with van der Waals surface area (Å²) in [7, 11) is 1.55. The topological polar surface area (TPSA) is 85.4 Å². The molecular formula is C20H20N2O4. The molecule has 2 aromatic rings. The second kappa shape index (κ2) is 8.67. The van der Waals surface area contributed by atoms with Crippen molar-refractivity contribution in [1.29, 1.82) is 5.26 Å². The van der Waals surface area contributed by atoms with Gasteiger partial charge in [0.2, 0.25) is 0 Å². The predicted octanol–water partition coefficient (Wildman–Crippen LogP) is 4.84. The van der Waals surface area contributed by atoms with E-state index in [4.69, 9.17) is 9.47 Å². The van der Waals surface area contributed by atoms with Crippen molar-refractivity contribution in [3.63, 3.8) is 0 Å². The second-order valence-electron chi connectivity index (χ2n) is 5.72. The largest absolute Gasteiger partial charge is 0.493 e. The number of nitro groups is 1. The van der Waals surface area contributed by atoms with Crippen LogP contribution in [0.5, 0.6) is 11.5 Å². The Morgan fingerprint density at radius 1 is 1.31 bits per heavy atom. The molecule has 0 fully saturated rings. The van der Waals surface area contributed by atoms with Crippen LogP contribution in [-0.2, 0) is 0 Å². The van der Waals surface area contributed by atoms with E-state index in [2.05, 4.69) is 6.07 Å². The first-order valence-corrected chi connectivity index (χ1v) is 8.19. The number of methoxy groups -OCH3 is 1. The first-order chi connectivity index (χ1) is 12.5. The highest BCUT2D eigenvalue weighted by Gasteiger charge is 2.11. The van der Waals surface area contributed by atoms with Gasteiger partial charge in [0.05, 0.1) is 29.8 Å². The quantitative estimate of drug-likeness (QED) is 0.308. The summed E-state index contributed by atoms with van der Waals surface area (Å²) in [5.41, 5.74) is 1.49. The average molecular weight is 352 g/mol. The Hall–Kier alpha value is -3.33. The van der Waals surface area contributed by atoms with Gasteiger partial charge in [0.15, 0.2) is 11.5 Å². The third-order valence-electron chi connectivity index (χ3n) is 3.89. The molecular weight excluding hydrogens is 332 g/mol. The second-order valence-corrected chi connectivity index (χ2v) is 5.72. The summed E-state index contributed by atoms with van der Waals surface area (Å²) < 4.78 is 11.2. The summed E-state index contributed by atoms with van der Waals surface area (Å²) in [5, 5.41) is 20.4. The maximum atomic E-state index is 10.9. The standard InChI is InChI=1S/C20H20N2O4/c1-4-14(2)26-19-9-8-15(11-20(19)25-3)10-17(13-21)16-6-5-7-18(12-16)22(23)24/h5-12,14H,4H2,1-3H3/b17-10-/t14-/m1/s1. The molecule has 1 atom stereocenters. The van der Waals surface area contributed by atoms with Crippen molar-refractivity contribution in [1.82, 2.24) is 0 Å². The van der Waals surface area contributed by atoms with Gasteiger partial charge in [0.25, 0.3) is 5.69 Å². The van der Waals surface area contributed by atoms with Crippen molar-refractivity contribution in [3.05, 3.63) is 63.7 Å². The molecule has 0 aromatic heterocycles. The molecule has 0 saturated carbocycles. The number of non-ortho nitro benzene ring substituents is 1. The van der Waals surface area contributed by atoms with E-state index < -0.39 is 4.92 Å². The molecule has 0 bridgehead atoms. The van der Waals surface area contributed by atoms with Crippen LogP contribution in [-0.4, -0.2) is 18.1 Å². The average Bonchev–Trinajstić information content (AvgIpc) is 2.66. The van der Waals surface area contributed by atoms with E-state index in [9.17, 15) is 15.4 Å². The van der Waals surface area contributed by atoms with E-state index in [0.29, 0.717) is 22.6 Å². The van der Waals surface area contributed by atoms with Crippen molar-refractivity contribution < 1.29 is 14.4 Å². The normalized spacial score (nSPS) is 12.2. The van der Waals surface area contributed by atoms with Crippen LogP contribution in [0.3, 0.4) is 0 Å². The molecule has 0 aliphatic heterocycles. The number of allylic oxidation sites excluding steroid dienone is 1. The monoisotopic (exact) mass is 352 g/mol. The van der Waals surface area contributed by atoms with Crippen LogP contribution in [0.1, 0.15) is 31.4 Å². The van der Waals surface area contributed by atoms with Crippen LogP contribution in [0, 0.1) is 21.4 Å². The highest BCUT2D eigenvalue weighted by Crippen LogP contribution is 2.31. The highest BCUT2D eigenvalue weighted by molar-refractivity contribution is 5.90. The van der Waals surface area contributed by atoms with Crippen molar-refractivity contribution in [3.8, 4) is 17.6 Å². The van der Waals surface area contributed by atoms with Gasteiger partial charge < -0.3 is 9.47 Å². The summed E-state index contributed by atoms with van der Waals surface area (Å²) >= 11 is 0. The summed E-state index contributed by atoms with van der Waals surface area (Å²) in [5.74, 6) is 1.20. The number of nitrogens with zero attached hydrogens (tertiary/aromatic N) is 2. The van der Waals surface area contributed by atoms with E-state index in [1.807, 2.05) is 19.9 Å². The first kappa shape index (κ1) is 19.0. The van der Waals surface area contributed by atoms with Crippen LogP contribution in [0.4, 0.5) is 5.69 Å². The zero-order valence-corrected chi connectivity index (χ0v) is 14.9. The van der Waals surface area contributed by atoms with E-state index in [0.717, 1.165) is 12.0 Å². The first-order valence-electron chi connectivity index (χ1n) is 8.19. The lowest BCUT2D eigenvalue weighted by Crippen LogP contribution is -2.10. The smallest absolute Gasteiger partial charge is 0.270 e. The van der Waals surface area contributed by atoms with Crippen molar-refractivity contribution in [2.24, 2.45) is 0 Å². The molecule has 0 aliphatic rings. The van der Waals surface area contributed by atoms with Crippen LogP contribution in [0.2, 0.25) is 0 Å². The highest BCUT2D eigenvalue weighted by atomic mass is 16.6. The molecule has 6 nitrogen and oxygen atoms in total. The molecule has 0 amide bonds. The lowest BCUT2D eigenvalue weighted by Gasteiger charge is -2.15. The minimum Gasteiger partial charge on any atom is -0.493 e. The van der Waals surface area contributed by atoms with Gasteiger partial charge in [0, 0.05) is 12.1 Å². The summed E-state index contributed by atoms with van der Waals surface area (Å²) in [4.78, 5) is 10.4. The molecule has 134 valence electrons. The van der Waals surface area contributed by atoms with E-state index in [1.165, 1.54) is 12.1 Å². The Balaban J connectivity index is 2.39. The van der Waals surface area contributed by atoms with Gasteiger partial charge in [-0.25, -0.2) is 0 Å². The molecule has 0 saturated heterocycles.